The number of ether oxygens (including phenoxy) is 2. The lowest BCUT2D eigenvalue weighted by atomic mass is 9.96. The largest absolute Gasteiger partial charge is 0.497 e. The van der Waals surface area contributed by atoms with E-state index in [0.29, 0.717) is 25.5 Å². The van der Waals surface area contributed by atoms with E-state index in [4.69, 9.17) is 15.2 Å². The molecule has 1 aliphatic carbocycles. The van der Waals surface area contributed by atoms with E-state index in [0.717, 1.165) is 24.3 Å². The number of nitrogens with two attached hydrogens (primary N) is 1. The third-order valence-electron chi connectivity index (χ3n) is 3.98. The van der Waals surface area contributed by atoms with Gasteiger partial charge in [-0.05, 0) is 49.9 Å². The van der Waals surface area contributed by atoms with Crippen molar-refractivity contribution in [3.05, 3.63) is 24.3 Å². The van der Waals surface area contributed by atoms with Crippen molar-refractivity contribution in [2.45, 2.75) is 31.7 Å². The van der Waals surface area contributed by atoms with E-state index in [1.807, 2.05) is 31.2 Å². The molecule has 1 aromatic carbocycles. The Morgan fingerprint density at radius 3 is 2.48 bits per heavy atom. The quantitative estimate of drug-likeness (QED) is 0.765. The summed E-state index contributed by atoms with van der Waals surface area (Å²) >= 11 is 0. The number of methoxy groups -OCH3 is 1. The first-order valence-corrected chi connectivity index (χ1v) is 7.35. The summed E-state index contributed by atoms with van der Waals surface area (Å²) in [6.07, 6.45) is 2.63. The van der Waals surface area contributed by atoms with Crippen LogP contribution in [0.5, 0.6) is 11.5 Å². The molecule has 1 aromatic rings. The second-order valence-corrected chi connectivity index (χ2v) is 5.72. The molecule has 1 atom stereocenters. The first-order chi connectivity index (χ1) is 10.1. The van der Waals surface area contributed by atoms with E-state index < -0.39 is 0 Å². The van der Waals surface area contributed by atoms with Crippen LogP contribution in [0.4, 0.5) is 0 Å². The van der Waals surface area contributed by atoms with Crippen LogP contribution in [-0.2, 0) is 4.79 Å². The van der Waals surface area contributed by atoms with E-state index in [1.165, 1.54) is 0 Å². The highest BCUT2D eigenvalue weighted by Crippen LogP contribution is 2.38. The number of carbonyl (C=O) groups excluding carboxylic acids is 1. The molecule has 0 aromatic heterocycles. The van der Waals surface area contributed by atoms with Crippen molar-refractivity contribution in [1.29, 1.82) is 0 Å². The van der Waals surface area contributed by atoms with Crippen LogP contribution in [0.2, 0.25) is 0 Å². The lowest BCUT2D eigenvalue weighted by molar-refractivity contribution is -0.123. The number of hydrogen-bond donors (Lipinski definition) is 2. The fraction of sp³-hybridized carbons (Fsp3) is 0.562. The van der Waals surface area contributed by atoms with E-state index in [1.54, 1.807) is 7.11 Å². The molecule has 3 N–H and O–H groups in total. The summed E-state index contributed by atoms with van der Waals surface area (Å²) in [5.74, 6) is 2.02. The molecular formula is C16H24N2O3. The molecule has 0 heterocycles. The number of hydrogen-bond acceptors (Lipinski definition) is 4. The molecule has 0 spiro atoms. The van der Waals surface area contributed by atoms with Crippen LogP contribution in [0.15, 0.2) is 24.3 Å². The minimum absolute atomic E-state index is 0.0108. The highest BCUT2D eigenvalue weighted by molar-refractivity contribution is 5.77. The van der Waals surface area contributed by atoms with Crippen molar-refractivity contribution >= 4 is 5.91 Å². The second kappa shape index (κ2) is 6.80. The van der Waals surface area contributed by atoms with Gasteiger partial charge in [0.05, 0.1) is 25.7 Å². The average Bonchev–Trinajstić information content (AvgIpc) is 3.33. The van der Waals surface area contributed by atoms with Gasteiger partial charge in [0.25, 0.3) is 0 Å². The molecule has 5 nitrogen and oxygen atoms in total. The fourth-order valence-electron chi connectivity index (χ4n) is 2.35. The molecule has 1 saturated carbocycles. The zero-order chi connectivity index (χ0) is 15.3. The van der Waals surface area contributed by atoms with Gasteiger partial charge in [0.2, 0.25) is 5.91 Å². The van der Waals surface area contributed by atoms with Crippen molar-refractivity contribution < 1.29 is 14.3 Å². The third-order valence-corrected chi connectivity index (χ3v) is 3.98. The Morgan fingerprint density at radius 2 is 1.95 bits per heavy atom. The van der Waals surface area contributed by atoms with Crippen LogP contribution in [0, 0.1) is 5.92 Å². The maximum atomic E-state index is 12.0. The van der Waals surface area contributed by atoms with Crippen LogP contribution in [-0.4, -0.2) is 31.7 Å². The van der Waals surface area contributed by atoms with E-state index in [9.17, 15) is 4.79 Å². The monoisotopic (exact) mass is 292 g/mol. The Bertz CT molecular complexity index is 471. The summed E-state index contributed by atoms with van der Waals surface area (Å²) < 4.78 is 10.6. The summed E-state index contributed by atoms with van der Waals surface area (Å²) in [7, 11) is 1.62. The molecule has 0 bridgehead atoms. The summed E-state index contributed by atoms with van der Waals surface area (Å²) in [6, 6.07) is 7.30. The van der Waals surface area contributed by atoms with Gasteiger partial charge < -0.3 is 20.5 Å². The van der Waals surface area contributed by atoms with Crippen molar-refractivity contribution in [2.75, 3.05) is 20.3 Å². The van der Waals surface area contributed by atoms with E-state index in [-0.39, 0.29) is 11.4 Å². The lowest BCUT2D eigenvalue weighted by Crippen LogP contribution is -2.53. The van der Waals surface area contributed by atoms with Gasteiger partial charge in [-0.25, -0.2) is 0 Å². The maximum absolute atomic E-state index is 12.0. The van der Waals surface area contributed by atoms with Gasteiger partial charge in [0, 0.05) is 6.54 Å². The van der Waals surface area contributed by atoms with Gasteiger partial charge in [-0.15, -0.1) is 0 Å². The Morgan fingerprint density at radius 1 is 1.33 bits per heavy atom. The molecule has 2 rings (SSSR count). The molecule has 0 radical (unpaired) electrons. The minimum atomic E-state index is -0.267. The molecule has 0 saturated heterocycles. The number of nitrogens with one attached hydrogen (secondary N) is 1. The molecular weight excluding hydrogens is 268 g/mol. The Balaban J connectivity index is 1.73. The van der Waals surface area contributed by atoms with Crippen molar-refractivity contribution in [2.24, 2.45) is 11.7 Å². The maximum Gasteiger partial charge on any atom is 0.223 e. The number of rotatable bonds is 8. The van der Waals surface area contributed by atoms with E-state index >= 15 is 0 Å². The molecule has 116 valence electrons. The third kappa shape index (κ3) is 4.36. The first-order valence-electron chi connectivity index (χ1n) is 7.35. The smallest absolute Gasteiger partial charge is 0.223 e. The van der Waals surface area contributed by atoms with Crippen LogP contribution in [0.25, 0.3) is 0 Å². The zero-order valence-corrected chi connectivity index (χ0v) is 12.7. The molecule has 1 aliphatic rings. The number of amides is 1. The molecule has 5 heteroatoms. The number of benzene rings is 1. The van der Waals surface area contributed by atoms with Crippen LogP contribution < -0.4 is 20.5 Å². The summed E-state index contributed by atoms with van der Waals surface area (Å²) in [4.78, 5) is 12.0. The van der Waals surface area contributed by atoms with Crippen LogP contribution in [0.3, 0.4) is 0 Å². The van der Waals surface area contributed by atoms with Gasteiger partial charge in [-0.1, -0.05) is 0 Å². The van der Waals surface area contributed by atoms with Crippen molar-refractivity contribution in [3.63, 3.8) is 0 Å². The van der Waals surface area contributed by atoms with Gasteiger partial charge in [0.1, 0.15) is 11.5 Å². The molecule has 0 aliphatic heterocycles. The van der Waals surface area contributed by atoms with Gasteiger partial charge >= 0.3 is 0 Å². The van der Waals surface area contributed by atoms with Gasteiger partial charge in [0.15, 0.2) is 0 Å². The fourth-order valence-corrected chi connectivity index (χ4v) is 2.35. The summed E-state index contributed by atoms with van der Waals surface area (Å²) in [5, 5.41) is 3.05. The highest BCUT2D eigenvalue weighted by atomic mass is 16.5. The lowest BCUT2D eigenvalue weighted by Gasteiger charge is -2.29. The Hall–Kier alpha value is -1.75. The van der Waals surface area contributed by atoms with Crippen LogP contribution in [0.1, 0.15) is 26.2 Å². The Labute approximate surface area is 125 Å². The highest BCUT2D eigenvalue weighted by Gasteiger charge is 2.41. The molecule has 1 amide bonds. The minimum Gasteiger partial charge on any atom is -0.497 e. The van der Waals surface area contributed by atoms with Gasteiger partial charge in [-0.2, -0.15) is 0 Å². The normalized spacial score (nSPS) is 16.9. The predicted molar refractivity (Wildman–Crippen MR) is 81.4 cm³/mol. The molecule has 21 heavy (non-hydrogen) atoms. The number of carbonyl (C=O) groups is 1. The van der Waals surface area contributed by atoms with Crippen molar-refractivity contribution in [3.8, 4) is 11.5 Å². The molecule has 1 unspecified atom stereocenters. The summed E-state index contributed by atoms with van der Waals surface area (Å²) in [6.45, 7) is 2.85. The van der Waals surface area contributed by atoms with Gasteiger partial charge in [-0.3, -0.25) is 4.79 Å². The second-order valence-electron chi connectivity index (χ2n) is 5.72. The average molecular weight is 292 g/mol. The Kier molecular flexibility index (Phi) is 5.07. The summed E-state index contributed by atoms with van der Waals surface area (Å²) in [5.41, 5.74) is 5.52. The standard InChI is InChI=1S/C16H24N2O3/c1-16(11-17,12-3-4-12)18-15(19)9-10-21-14-7-5-13(20-2)6-8-14/h5-8,12H,3-4,9-11,17H2,1-2H3,(H,18,19). The van der Waals surface area contributed by atoms with E-state index in [2.05, 4.69) is 5.32 Å². The molecule has 1 fully saturated rings. The van der Waals surface area contributed by atoms with Crippen molar-refractivity contribution in [1.82, 2.24) is 5.32 Å². The zero-order valence-electron chi connectivity index (χ0n) is 12.7. The SMILES string of the molecule is COc1ccc(OCCC(=O)NC(C)(CN)C2CC2)cc1. The van der Waals surface area contributed by atoms with Crippen LogP contribution >= 0.6 is 0 Å². The first kappa shape index (κ1) is 15.6. The topological polar surface area (TPSA) is 73.6 Å². The predicted octanol–water partition coefficient (Wildman–Crippen LogP) is 1.71.